The molecule has 2 aromatic rings. The second kappa shape index (κ2) is 10.8. The summed E-state index contributed by atoms with van der Waals surface area (Å²) in [6.45, 7) is 3.04. The zero-order valence-electron chi connectivity index (χ0n) is 18.3. The Morgan fingerprint density at radius 3 is 2.44 bits per heavy atom. The van der Waals surface area contributed by atoms with Crippen molar-refractivity contribution < 1.29 is 17.9 Å². The molecular weight excluding hydrogens is 450 g/mol. The normalized spacial score (nSPS) is 15.2. The maximum atomic E-state index is 12.9. The molecule has 0 radical (unpaired) electrons. The molecule has 7 nitrogen and oxygen atoms in total. The fourth-order valence-electron chi connectivity index (χ4n) is 3.54. The third-order valence-electron chi connectivity index (χ3n) is 5.29. The summed E-state index contributed by atoms with van der Waals surface area (Å²) in [5.41, 5.74) is 1.40. The van der Waals surface area contributed by atoms with E-state index in [1.165, 1.54) is 13.2 Å². The van der Waals surface area contributed by atoms with Crippen molar-refractivity contribution in [3.05, 3.63) is 65.2 Å². The Morgan fingerprint density at radius 1 is 1.12 bits per heavy atom. The van der Waals surface area contributed by atoms with Gasteiger partial charge >= 0.3 is 0 Å². The second-order valence-corrected chi connectivity index (χ2v) is 9.92. The van der Waals surface area contributed by atoms with Crippen molar-refractivity contribution >= 4 is 39.3 Å². The number of sulfonamides is 1. The van der Waals surface area contributed by atoms with Crippen LogP contribution in [-0.2, 0) is 14.8 Å². The molecule has 0 N–H and O–H groups in total. The largest absolute Gasteiger partial charge is 0.495 e. The van der Waals surface area contributed by atoms with E-state index in [1.807, 2.05) is 18.2 Å². The van der Waals surface area contributed by atoms with Crippen LogP contribution in [0.2, 0.25) is 5.02 Å². The number of carbonyl (C=O) groups is 1. The molecule has 0 saturated carbocycles. The Balaban J connectivity index is 1.60. The van der Waals surface area contributed by atoms with Gasteiger partial charge in [0.05, 0.1) is 19.1 Å². The molecule has 32 heavy (non-hydrogen) atoms. The topological polar surface area (TPSA) is 70.2 Å². The molecular formula is C23H28ClN3O4S. The van der Waals surface area contributed by atoms with Gasteiger partial charge in [-0.05, 0) is 23.8 Å². The Kier molecular flexibility index (Phi) is 8.17. The molecule has 0 aliphatic carbocycles. The summed E-state index contributed by atoms with van der Waals surface area (Å²) < 4.78 is 31.3. The lowest BCUT2D eigenvalue weighted by molar-refractivity contribution is -0.131. The van der Waals surface area contributed by atoms with E-state index >= 15 is 0 Å². The molecule has 1 fully saturated rings. The van der Waals surface area contributed by atoms with Crippen molar-refractivity contribution in [2.75, 3.05) is 56.9 Å². The van der Waals surface area contributed by atoms with E-state index in [9.17, 15) is 13.2 Å². The van der Waals surface area contributed by atoms with E-state index in [2.05, 4.69) is 29.2 Å². The summed E-state index contributed by atoms with van der Waals surface area (Å²) in [7, 11) is -2.28. The molecule has 2 aromatic carbocycles. The lowest BCUT2D eigenvalue weighted by Crippen LogP contribution is -2.51. The third kappa shape index (κ3) is 6.48. The molecule has 172 valence electrons. The Hall–Kier alpha value is -2.55. The van der Waals surface area contributed by atoms with Gasteiger partial charge in [-0.3, -0.25) is 14.0 Å². The SMILES string of the molecule is COc1ccc(Cl)cc1N(CC(=O)N1CCN(C/C=C/c2ccccc2)CC1)S(C)(=O)=O. The number of piperazine rings is 1. The molecule has 1 saturated heterocycles. The highest BCUT2D eigenvalue weighted by atomic mass is 35.5. The minimum atomic E-state index is -3.72. The third-order valence-corrected chi connectivity index (χ3v) is 6.65. The summed E-state index contributed by atoms with van der Waals surface area (Å²) in [5, 5.41) is 0.360. The number of hydrogen-bond donors (Lipinski definition) is 0. The number of anilines is 1. The summed E-state index contributed by atoms with van der Waals surface area (Å²) in [6, 6.07) is 14.8. The first-order valence-corrected chi connectivity index (χ1v) is 12.5. The second-order valence-electron chi connectivity index (χ2n) is 7.58. The zero-order chi connectivity index (χ0) is 23.1. The van der Waals surface area contributed by atoms with Gasteiger partial charge in [-0.1, -0.05) is 54.1 Å². The highest BCUT2D eigenvalue weighted by Crippen LogP contribution is 2.32. The number of nitrogens with zero attached hydrogens (tertiary/aromatic N) is 3. The Labute approximate surface area is 194 Å². The molecule has 3 rings (SSSR count). The molecule has 0 spiro atoms. The van der Waals surface area contributed by atoms with Crippen LogP contribution in [0.15, 0.2) is 54.6 Å². The van der Waals surface area contributed by atoms with Crippen molar-refractivity contribution in [2.45, 2.75) is 0 Å². The summed E-state index contributed by atoms with van der Waals surface area (Å²) in [5.74, 6) is 0.0829. The molecule has 1 amide bonds. The zero-order valence-corrected chi connectivity index (χ0v) is 19.8. The summed E-state index contributed by atoms with van der Waals surface area (Å²) in [4.78, 5) is 16.9. The lowest BCUT2D eigenvalue weighted by atomic mass is 10.2. The van der Waals surface area contributed by atoms with Gasteiger partial charge in [0.1, 0.15) is 12.3 Å². The molecule has 0 bridgehead atoms. The number of halogens is 1. The van der Waals surface area contributed by atoms with Crippen LogP contribution >= 0.6 is 11.6 Å². The fourth-order valence-corrected chi connectivity index (χ4v) is 4.56. The summed E-state index contributed by atoms with van der Waals surface area (Å²) >= 11 is 6.07. The monoisotopic (exact) mass is 477 g/mol. The number of hydrogen-bond acceptors (Lipinski definition) is 5. The van der Waals surface area contributed by atoms with Crippen LogP contribution in [0.5, 0.6) is 5.75 Å². The highest BCUT2D eigenvalue weighted by Gasteiger charge is 2.28. The minimum Gasteiger partial charge on any atom is -0.495 e. The number of rotatable bonds is 8. The van der Waals surface area contributed by atoms with Gasteiger partial charge in [0, 0.05) is 37.7 Å². The van der Waals surface area contributed by atoms with Gasteiger partial charge in [0.2, 0.25) is 15.9 Å². The number of amides is 1. The predicted molar refractivity (Wildman–Crippen MR) is 129 cm³/mol. The van der Waals surface area contributed by atoms with E-state index in [4.69, 9.17) is 16.3 Å². The van der Waals surface area contributed by atoms with Crippen molar-refractivity contribution in [1.82, 2.24) is 9.80 Å². The first-order chi connectivity index (χ1) is 15.3. The number of methoxy groups -OCH3 is 1. The Morgan fingerprint density at radius 2 is 1.81 bits per heavy atom. The smallest absolute Gasteiger partial charge is 0.243 e. The van der Waals surface area contributed by atoms with E-state index in [-0.39, 0.29) is 18.1 Å². The van der Waals surface area contributed by atoms with Crippen LogP contribution in [0.3, 0.4) is 0 Å². The van der Waals surface area contributed by atoms with Crippen molar-refractivity contribution in [1.29, 1.82) is 0 Å². The predicted octanol–water partition coefficient (Wildman–Crippen LogP) is 2.97. The average Bonchev–Trinajstić information content (AvgIpc) is 2.77. The van der Waals surface area contributed by atoms with Crippen LogP contribution < -0.4 is 9.04 Å². The molecule has 0 atom stereocenters. The minimum absolute atomic E-state index is 0.250. The van der Waals surface area contributed by atoms with Crippen LogP contribution in [0.4, 0.5) is 5.69 Å². The maximum absolute atomic E-state index is 12.9. The van der Waals surface area contributed by atoms with Gasteiger partial charge in [-0.15, -0.1) is 0 Å². The number of benzene rings is 2. The standard InChI is InChI=1S/C23H28ClN3O4S/c1-31-22-11-10-20(24)17-21(22)27(32(2,29)30)18-23(28)26-15-13-25(14-16-26)12-6-9-19-7-4-3-5-8-19/h3-11,17H,12-16,18H2,1-2H3/b9-6+. The Bertz CT molecular complexity index is 1050. The molecule has 1 heterocycles. The van der Waals surface area contributed by atoms with Crippen molar-refractivity contribution in [3.63, 3.8) is 0 Å². The molecule has 1 aliphatic rings. The quantitative estimate of drug-likeness (QED) is 0.584. The molecule has 0 aromatic heterocycles. The average molecular weight is 478 g/mol. The van der Waals surface area contributed by atoms with Crippen molar-refractivity contribution in [3.8, 4) is 5.75 Å². The van der Waals surface area contributed by atoms with Gasteiger partial charge < -0.3 is 9.64 Å². The van der Waals surface area contributed by atoms with Gasteiger partial charge in [0.15, 0.2) is 0 Å². The first-order valence-electron chi connectivity index (χ1n) is 10.3. The highest BCUT2D eigenvalue weighted by molar-refractivity contribution is 7.92. The lowest BCUT2D eigenvalue weighted by Gasteiger charge is -2.35. The van der Waals surface area contributed by atoms with Crippen molar-refractivity contribution in [2.24, 2.45) is 0 Å². The number of ether oxygens (including phenoxy) is 1. The maximum Gasteiger partial charge on any atom is 0.243 e. The van der Waals surface area contributed by atoms with E-state index in [0.717, 1.165) is 35.8 Å². The summed E-state index contributed by atoms with van der Waals surface area (Å²) in [6.07, 6.45) is 5.27. The fraction of sp³-hybridized carbons (Fsp3) is 0.348. The van der Waals surface area contributed by atoms with Crippen LogP contribution in [0.1, 0.15) is 5.56 Å². The van der Waals surface area contributed by atoms with E-state index < -0.39 is 10.0 Å². The van der Waals surface area contributed by atoms with Gasteiger partial charge in [0.25, 0.3) is 0 Å². The van der Waals surface area contributed by atoms with E-state index in [0.29, 0.717) is 23.9 Å². The van der Waals surface area contributed by atoms with Crippen LogP contribution in [0.25, 0.3) is 6.08 Å². The van der Waals surface area contributed by atoms with Crippen LogP contribution in [0, 0.1) is 0 Å². The molecule has 9 heteroatoms. The molecule has 0 unspecified atom stereocenters. The first kappa shape index (κ1) is 24.1. The van der Waals surface area contributed by atoms with E-state index in [1.54, 1.807) is 17.0 Å². The van der Waals surface area contributed by atoms with Crippen LogP contribution in [-0.4, -0.2) is 76.8 Å². The van der Waals surface area contributed by atoms with Gasteiger partial charge in [-0.2, -0.15) is 0 Å². The van der Waals surface area contributed by atoms with Gasteiger partial charge in [-0.25, -0.2) is 8.42 Å². The molecule has 1 aliphatic heterocycles. The number of carbonyl (C=O) groups excluding carboxylic acids is 1.